The van der Waals surface area contributed by atoms with Crippen molar-refractivity contribution in [2.24, 2.45) is 0 Å². The van der Waals surface area contributed by atoms with E-state index in [9.17, 15) is 9.59 Å². The first-order chi connectivity index (χ1) is 9.73. The average Bonchev–Trinajstić information content (AvgIpc) is 2.75. The van der Waals surface area contributed by atoms with Gasteiger partial charge < -0.3 is 14.6 Å². The Labute approximate surface area is 134 Å². The minimum Gasteiger partial charge on any atom is -0.481 e. The number of hydrogen-bond acceptors (Lipinski definition) is 2. The second-order valence-electron chi connectivity index (χ2n) is 5.63. The van der Waals surface area contributed by atoms with Gasteiger partial charge in [-0.2, -0.15) is 0 Å². The summed E-state index contributed by atoms with van der Waals surface area (Å²) in [4.78, 5) is 25.1. The molecule has 1 N–H and O–H groups in total. The quantitative estimate of drug-likeness (QED) is 0.810. The zero-order valence-corrected chi connectivity index (χ0v) is 14.6. The monoisotopic (exact) mass is 358 g/mol. The minimum absolute atomic E-state index is 0.0283. The number of aromatic nitrogens is 1. The molecule has 6 heteroatoms. The van der Waals surface area contributed by atoms with Gasteiger partial charge in [-0.1, -0.05) is 0 Å². The summed E-state index contributed by atoms with van der Waals surface area (Å²) in [6.07, 6.45) is 2.43. The van der Waals surface area contributed by atoms with Gasteiger partial charge in [0.1, 0.15) is 5.69 Å². The highest BCUT2D eigenvalue weighted by molar-refractivity contribution is 9.10. The lowest BCUT2D eigenvalue weighted by atomic mass is 10.2. The lowest BCUT2D eigenvalue weighted by molar-refractivity contribution is -0.137. The van der Waals surface area contributed by atoms with E-state index in [-0.39, 0.29) is 24.4 Å². The summed E-state index contributed by atoms with van der Waals surface area (Å²) >= 11 is 3.41. The first kappa shape index (κ1) is 17.8. The van der Waals surface area contributed by atoms with Gasteiger partial charge in [-0.05, 0) is 56.1 Å². The fourth-order valence-electron chi connectivity index (χ4n) is 2.19. The van der Waals surface area contributed by atoms with E-state index in [1.165, 1.54) is 0 Å². The first-order valence-electron chi connectivity index (χ1n) is 7.14. The highest BCUT2D eigenvalue weighted by atomic mass is 79.9. The maximum Gasteiger partial charge on any atom is 0.303 e. The Morgan fingerprint density at radius 1 is 1.33 bits per heavy atom. The molecule has 21 heavy (non-hydrogen) atoms. The molecule has 5 nitrogen and oxygen atoms in total. The number of rotatable bonds is 7. The van der Waals surface area contributed by atoms with Crippen LogP contribution in [0.15, 0.2) is 16.7 Å². The zero-order valence-electron chi connectivity index (χ0n) is 13.0. The number of carbonyl (C=O) groups is 2. The van der Waals surface area contributed by atoms with Crippen molar-refractivity contribution in [2.75, 3.05) is 6.54 Å². The van der Waals surface area contributed by atoms with Crippen LogP contribution in [0.1, 0.15) is 57.1 Å². The number of amides is 1. The first-order valence-corrected chi connectivity index (χ1v) is 7.93. The molecule has 0 aliphatic carbocycles. The molecule has 0 saturated carbocycles. The Morgan fingerprint density at radius 2 is 1.95 bits per heavy atom. The molecular weight excluding hydrogens is 336 g/mol. The van der Waals surface area contributed by atoms with Crippen molar-refractivity contribution in [2.45, 2.75) is 52.6 Å². The van der Waals surface area contributed by atoms with Crippen LogP contribution in [0.25, 0.3) is 0 Å². The molecule has 0 unspecified atom stereocenters. The van der Waals surface area contributed by atoms with Gasteiger partial charge in [0.05, 0.1) is 0 Å². The van der Waals surface area contributed by atoms with Gasteiger partial charge in [0.25, 0.3) is 5.91 Å². The Bertz CT molecular complexity index is 509. The second-order valence-corrected chi connectivity index (χ2v) is 6.55. The van der Waals surface area contributed by atoms with Crippen molar-refractivity contribution in [3.05, 3.63) is 22.4 Å². The summed E-state index contributed by atoms with van der Waals surface area (Å²) < 4.78 is 2.80. The number of halogens is 1. The summed E-state index contributed by atoms with van der Waals surface area (Å²) in [6.45, 7) is 8.37. The standard InChI is InChI=1S/C15H23BrN2O3/c1-10(2)17(7-5-6-14(19)20)15(21)13-8-12(16)9-18(13)11(3)4/h8-11H,5-7H2,1-4H3,(H,19,20). The van der Waals surface area contributed by atoms with Crippen LogP contribution in [0.3, 0.4) is 0 Å². The molecule has 0 bridgehead atoms. The lowest BCUT2D eigenvalue weighted by Gasteiger charge is -2.27. The van der Waals surface area contributed by atoms with Gasteiger partial charge in [0, 0.05) is 35.7 Å². The lowest BCUT2D eigenvalue weighted by Crippen LogP contribution is -2.39. The van der Waals surface area contributed by atoms with Crippen LogP contribution >= 0.6 is 15.9 Å². The van der Waals surface area contributed by atoms with Gasteiger partial charge in [0.2, 0.25) is 0 Å². The van der Waals surface area contributed by atoms with Crippen LogP contribution in [0.5, 0.6) is 0 Å². The molecule has 118 valence electrons. The molecule has 1 aromatic heterocycles. The second kappa shape index (κ2) is 7.64. The fraction of sp³-hybridized carbons (Fsp3) is 0.600. The molecule has 0 aliphatic rings. The maximum atomic E-state index is 12.7. The van der Waals surface area contributed by atoms with Crippen LogP contribution in [0.2, 0.25) is 0 Å². The molecule has 1 amide bonds. The van der Waals surface area contributed by atoms with E-state index in [0.717, 1.165) is 4.47 Å². The van der Waals surface area contributed by atoms with Crippen molar-refractivity contribution in [1.29, 1.82) is 0 Å². The Balaban J connectivity index is 2.93. The molecule has 0 saturated heterocycles. The Kier molecular flexibility index (Phi) is 6.45. The zero-order chi connectivity index (χ0) is 16.2. The van der Waals surface area contributed by atoms with Gasteiger partial charge in [-0.3, -0.25) is 9.59 Å². The number of nitrogens with zero attached hydrogens (tertiary/aromatic N) is 2. The molecule has 0 aliphatic heterocycles. The topological polar surface area (TPSA) is 62.5 Å². The average molecular weight is 359 g/mol. The minimum atomic E-state index is -0.834. The van der Waals surface area contributed by atoms with E-state index >= 15 is 0 Å². The van der Waals surface area contributed by atoms with Crippen LogP contribution < -0.4 is 0 Å². The summed E-state index contributed by atoms with van der Waals surface area (Å²) in [7, 11) is 0. The predicted molar refractivity (Wildman–Crippen MR) is 85.6 cm³/mol. The molecule has 0 fully saturated rings. The molecule has 0 atom stereocenters. The summed E-state index contributed by atoms with van der Waals surface area (Å²) in [5.74, 6) is -0.894. The van der Waals surface area contributed by atoms with E-state index in [4.69, 9.17) is 5.11 Å². The SMILES string of the molecule is CC(C)N(CCCC(=O)O)C(=O)c1cc(Br)cn1C(C)C. The third-order valence-electron chi connectivity index (χ3n) is 3.26. The summed E-state index contributed by atoms with van der Waals surface area (Å²) in [6, 6.07) is 2.03. The van der Waals surface area contributed by atoms with E-state index in [0.29, 0.717) is 18.7 Å². The van der Waals surface area contributed by atoms with Crippen LogP contribution in [-0.2, 0) is 4.79 Å². The van der Waals surface area contributed by atoms with Crippen LogP contribution in [0.4, 0.5) is 0 Å². The number of carbonyl (C=O) groups excluding carboxylic acids is 1. The molecule has 0 aromatic carbocycles. The van der Waals surface area contributed by atoms with Gasteiger partial charge in [-0.15, -0.1) is 0 Å². The summed E-state index contributed by atoms with van der Waals surface area (Å²) in [5, 5.41) is 8.73. The van der Waals surface area contributed by atoms with Crippen LogP contribution in [-0.4, -0.2) is 39.0 Å². The van der Waals surface area contributed by atoms with Crippen molar-refractivity contribution in [3.63, 3.8) is 0 Å². The normalized spacial score (nSPS) is 11.2. The van der Waals surface area contributed by atoms with Crippen molar-refractivity contribution < 1.29 is 14.7 Å². The van der Waals surface area contributed by atoms with Crippen LogP contribution in [0, 0.1) is 0 Å². The van der Waals surface area contributed by atoms with Crippen molar-refractivity contribution in [1.82, 2.24) is 9.47 Å². The number of carboxylic acids is 1. The molecular formula is C15H23BrN2O3. The number of carboxylic acid groups (broad SMARTS) is 1. The predicted octanol–water partition coefficient (Wildman–Crippen LogP) is 3.55. The van der Waals surface area contributed by atoms with Gasteiger partial charge in [-0.25, -0.2) is 0 Å². The highest BCUT2D eigenvalue weighted by Gasteiger charge is 2.23. The van der Waals surface area contributed by atoms with Crippen molar-refractivity contribution >= 4 is 27.8 Å². The maximum absolute atomic E-state index is 12.7. The molecule has 1 rings (SSSR count). The van der Waals surface area contributed by atoms with E-state index < -0.39 is 5.97 Å². The number of hydrogen-bond donors (Lipinski definition) is 1. The van der Waals surface area contributed by atoms with E-state index in [1.807, 2.05) is 44.5 Å². The molecule has 1 heterocycles. The largest absolute Gasteiger partial charge is 0.481 e. The highest BCUT2D eigenvalue weighted by Crippen LogP contribution is 2.21. The Hall–Kier alpha value is -1.30. The third kappa shape index (κ3) is 4.88. The number of aliphatic carboxylic acids is 1. The van der Waals surface area contributed by atoms with Crippen molar-refractivity contribution in [3.8, 4) is 0 Å². The fourth-order valence-corrected chi connectivity index (χ4v) is 2.62. The van der Waals surface area contributed by atoms with E-state index in [2.05, 4.69) is 15.9 Å². The smallest absolute Gasteiger partial charge is 0.303 e. The Morgan fingerprint density at radius 3 is 2.43 bits per heavy atom. The molecule has 1 aromatic rings. The third-order valence-corrected chi connectivity index (χ3v) is 3.70. The molecule has 0 spiro atoms. The molecule has 0 radical (unpaired) electrons. The van der Waals surface area contributed by atoms with Gasteiger partial charge >= 0.3 is 5.97 Å². The van der Waals surface area contributed by atoms with Gasteiger partial charge in [0.15, 0.2) is 0 Å². The van der Waals surface area contributed by atoms with E-state index in [1.54, 1.807) is 4.90 Å². The summed E-state index contributed by atoms with van der Waals surface area (Å²) in [5.41, 5.74) is 0.626.